The van der Waals surface area contributed by atoms with Crippen LogP contribution in [0.4, 0.5) is 0 Å². The highest BCUT2D eigenvalue weighted by molar-refractivity contribution is 7.15. The molecule has 1 aliphatic carbocycles. The molecule has 0 spiro atoms. The van der Waals surface area contributed by atoms with Gasteiger partial charge in [-0.25, -0.2) is 0 Å². The summed E-state index contributed by atoms with van der Waals surface area (Å²) in [7, 11) is 0. The molecule has 0 atom stereocenters. The maximum Gasteiger partial charge on any atom is 0.243 e. The SMILES string of the molecule is Cc1ccc(-c2cc(O)c3c(c2)CN(C(=O)C2(N)CCC2)CCO3)s1. The minimum Gasteiger partial charge on any atom is -0.504 e. The highest BCUT2D eigenvalue weighted by Gasteiger charge is 2.43. The molecule has 3 N–H and O–H groups in total. The predicted molar refractivity (Wildman–Crippen MR) is 97.8 cm³/mol. The second-order valence-corrected chi connectivity index (χ2v) is 8.27. The van der Waals surface area contributed by atoms with Crippen molar-refractivity contribution in [3.05, 3.63) is 34.7 Å². The van der Waals surface area contributed by atoms with Crippen LogP contribution in [0.25, 0.3) is 10.4 Å². The van der Waals surface area contributed by atoms with Crippen molar-refractivity contribution < 1.29 is 14.6 Å². The standard InChI is InChI=1S/C19H22N2O3S/c1-12-3-4-16(25-12)13-9-14-11-21(18(23)19(20)5-2-6-19)7-8-24-17(14)15(22)10-13/h3-4,9-10,22H,2,5-8,11,20H2,1H3. The van der Waals surface area contributed by atoms with Crippen LogP contribution in [0, 0.1) is 6.92 Å². The zero-order chi connectivity index (χ0) is 17.6. The number of thiophene rings is 1. The van der Waals surface area contributed by atoms with Gasteiger partial charge in [-0.2, -0.15) is 0 Å². The van der Waals surface area contributed by atoms with E-state index in [0.29, 0.717) is 25.4 Å². The number of carbonyl (C=O) groups is 1. The number of carbonyl (C=O) groups excluding carboxylic acids is 1. The molecule has 1 saturated carbocycles. The Morgan fingerprint density at radius 2 is 2.16 bits per heavy atom. The van der Waals surface area contributed by atoms with Crippen LogP contribution < -0.4 is 10.5 Å². The Bertz CT molecular complexity index is 826. The summed E-state index contributed by atoms with van der Waals surface area (Å²) in [5, 5.41) is 10.4. The van der Waals surface area contributed by atoms with E-state index in [1.54, 1.807) is 22.3 Å². The summed E-state index contributed by atoms with van der Waals surface area (Å²) < 4.78 is 5.74. The Morgan fingerprint density at radius 3 is 2.80 bits per heavy atom. The highest BCUT2D eigenvalue weighted by Crippen LogP contribution is 2.40. The van der Waals surface area contributed by atoms with Gasteiger partial charge in [0, 0.05) is 21.9 Å². The maximum absolute atomic E-state index is 12.8. The summed E-state index contributed by atoms with van der Waals surface area (Å²) in [6.45, 7) is 3.32. The average Bonchev–Trinajstić information content (AvgIpc) is 2.87. The molecule has 0 radical (unpaired) electrons. The topological polar surface area (TPSA) is 75.8 Å². The van der Waals surface area contributed by atoms with Gasteiger partial charge in [0.15, 0.2) is 11.5 Å². The molecule has 1 aliphatic heterocycles. The zero-order valence-corrected chi connectivity index (χ0v) is 15.1. The smallest absolute Gasteiger partial charge is 0.243 e. The molecule has 25 heavy (non-hydrogen) atoms. The van der Waals surface area contributed by atoms with Crippen molar-refractivity contribution >= 4 is 17.2 Å². The van der Waals surface area contributed by atoms with Gasteiger partial charge in [-0.15, -0.1) is 11.3 Å². The molecule has 1 fully saturated rings. The number of amides is 1. The molecule has 0 saturated heterocycles. The fourth-order valence-electron chi connectivity index (χ4n) is 3.49. The van der Waals surface area contributed by atoms with E-state index in [1.807, 2.05) is 12.1 Å². The molecular weight excluding hydrogens is 336 g/mol. The number of phenolic OH excluding ortho intramolecular Hbond substituents is 1. The molecule has 0 unspecified atom stereocenters. The lowest BCUT2D eigenvalue weighted by atomic mass is 9.76. The first-order valence-electron chi connectivity index (χ1n) is 8.60. The molecule has 2 heterocycles. The van der Waals surface area contributed by atoms with Crippen LogP contribution in [0.3, 0.4) is 0 Å². The van der Waals surface area contributed by atoms with Crippen LogP contribution in [0.1, 0.15) is 29.7 Å². The number of nitrogens with zero attached hydrogens (tertiary/aromatic N) is 1. The van der Waals surface area contributed by atoms with E-state index in [1.165, 1.54) is 4.88 Å². The molecule has 1 amide bonds. The van der Waals surface area contributed by atoms with Crippen molar-refractivity contribution in [3.8, 4) is 21.9 Å². The minimum absolute atomic E-state index is 0.00735. The quantitative estimate of drug-likeness (QED) is 0.865. The molecule has 0 bridgehead atoms. The fraction of sp³-hybridized carbons (Fsp3) is 0.421. The lowest BCUT2D eigenvalue weighted by Gasteiger charge is -2.40. The van der Waals surface area contributed by atoms with E-state index in [9.17, 15) is 9.90 Å². The molecular formula is C19H22N2O3S. The summed E-state index contributed by atoms with van der Waals surface area (Å²) in [4.78, 5) is 16.9. The summed E-state index contributed by atoms with van der Waals surface area (Å²) in [6, 6.07) is 7.85. The van der Waals surface area contributed by atoms with Crippen LogP contribution in [0.15, 0.2) is 24.3 Å². The number of benzene rings is 1. The molecule has 2 aliphatic rings. The van der Waals surface area contributed by atoms with Gasteiger partial charge in [-0.05, 0) is 56.0 Å². The van der Waals surface area contributed by atoms with Crippen molar-refractivity contribution in [3.63, 3.8) is 0 Å². The Morgan fingerprint density at radius 1 is 1.36 bits per heavy atom. The number of aromatic hydroxyl groups is 1. The third-order valence-corrected chi connectivity index (χ3v) is 6.15. The van der Waals surface area contributed by atoms with Crippen molar-refractivity contribution in [2.45, 2.75) is 38.3 Å². The number of fused-ring (bicyclic) bond motifs is 1. The van der Waals surface area contributed by atoms with Crippen LogP contribution in [0.5, 0.6) is 11.5 Å². The summed E-state index contributed by atoms with van der Waals surface area (Å²) in [5.74, 6) is 0.595. The number of phenols is 1. The van der Waals surface area contributed by atoms with Crippen LogP contribution in [0.2, 0.25) is 0 Å². The van der Waals surface area contributed by atoms with Gasteiger partial charge >= 0.3 is 0 Å². The van der Waals surface area contributed by atoms with Gasteiger partial charge in [0.05, 0.1) is 12.1 Å². The van der Waals surface area contributed by atoms with Crippen molar-refractivity contribution in [1.29, 1.82) is 0 Å². The number of hydrogen-bond donors (Lipinski definition) is 2. The molecule has 132 valence electrons. The first-order valence-corrected chi connectivity index (χ1v) is 9.42. The van der Waals surface area contributed by atoms with Crippen molar-refractivity contribution in [2.24, 2.45) is 5.73 Å². The third kappa shape index (κ3) is 2.89. The Balaban J connectivity index is 1.67. The first-order chi connectivity index (χ1) is 12.0. The van der Waals surface area contributed by atoms with Gasteiger partial charge < -0.3 is 20.5 Å². The number of hydrogen-bond acceptors (Lipinski definition) is 5. The van der Waals surface area contributed by atoms with E-state index in [0.717, 1.165) is 35.3 Å². The Kier molecular flexibility index (Phi) is 3.96. The number of nitrogens with two attached hydrogens (primary N) is 1. The van der Waals surface area contributed by atoms with Gasteiger partial charge in [0.2, 0.25) is 5.91 Å². The van der Waals surface area contributed by atoms with E-state index < -0.39 is 5.54 Å². The molecule has 5 nitrogen and oxygen atoms in total. The molecule has 2 aromatic rings. The number of rotatable bonds is 2. The number of aryl methyl sites for hydroxylation is 1. The molecule has 4 rings (SSSR count). The second kappa shape index (κ2) is 6.04. The summed E-state index contributed by atoms with van der Waals surface area (Å²) >= 11 is 1.68. The Hall–Kier alpha value is -2.05. The average molecular weight is 358 g/mol. The summed E-state index contributed by atoms with van der Waals surface area (Å²) in [5.41, 5.74) is 7.28. The first kappa shape index (κ1) is 16.4. The zero-order valence-electron chi connectivity index (χ0n) is 14.2. The summed E-state index contributed by atoms with van der Waals surface area (Å²) in [6.07, 6.45) is 2.50. The minimum atomic E-state index is -0.713. The van der Waals surface area contributed by atoms with E-state index in [-0.39, 0.29) is 11.7 Å². The highest BCUT2D eigenvalue weighted by atomic mass is 32.1. The van der Waals surface area contributed by atoms with Crippen LogP contribution in [-0.2, 0) is 11.3 Å². The lowest BCUT2D eigenvalue weighted by molar-refractivity contribution is -0.140. The van der Waals surface area contributed by atoms with Crippen LogP contribution >= 0.6 is 11.3 Å². The second-order valence-electron chi connectivity index (χ2n) is 6.98. The van der Waals surface area contributed by atoms with Gasteiger partial charge in [-0.3, -0.25) is 4.79 Å². The monoisotopic (exact) mass is 358 g/mol. The van der Waals surface area contributed by atoms with E-state index in [2.05, 4.69) is 13.0 Å². The van der Waals surface area contributed by atoms with Gasteiger partial charge in [0.1, 0.15) is 6.61 Å². The maximum atomic E-state index is 12.8. The third-order valence-electron chi connectivity index (χ3n) is 5.10. The molecule has 1 aromatic carbocycles. The van der Waals surface area contributed by atoms with Crippen LogP contribution in [-0.4, -0.2) is 34.6 Å². The molecule has 1 aromatic heterocycles. The van der Waals surface area contributed by atoms with E-state index >= 15 is 0 Å². The predicted octanol–water partition coefficient (Wildman–Crippen LogP) is 3.03. The van der Waals surface area contributed by atoms with Crippen molar-refractivity contribution in [2.75, 3.05) is 13.2 Å². The van der Waals surface area contributed by atoms with E-state index in [4.69, 9.17) is 10.5 Å². The normalized spacial score (nSPS) is 18.7. The largest absolute Gasteiger partial charge is 0.504 e. The molecule has 6 heteroatoms. The fourth-order valence-corrected chi connectivity index (χ4v) is 4.35. The Labute approximate surface area is 151 Å². The van der Waals surface area contributed by atoms with Gasteiger partial charge in [-0.1, -0.05) is 0 Å². The number of ether oxygens (including phenoxy) is 1. The van der Waals surface area contributed by atoms with Gasteiger partial charge in [0.25, 0.3) is 0 Å². The lowest BCUT2D eigenvalue weighted by Crippen LogP contribution is -2.59. The van der Waals surface area contributed by atoms with Crippen molar-refractivity contribution in [1.82, 2.24) is 4.90 Å².